The van der Waals surface area contributed by atoms with Gasteiger partial charge < -0.3 is 14.8 Å². The zero-order chi connectivity index (χ0) is 16.7. The van der Waals surface area contributed by atoms with Gasteiger partial charge in [0, 0.05) is 16.6 Å². The number of methoxy groups -OCH3 is 2. The first kappa shape index (κ1) is 14.5. The van der Waals surface area contributed by atoms with Crippen molar-refractivity contribution in [3.63, 3.8) is 0 Å². The minimum absolute atomic E-state index is 0.722. The van der Waals surface area contributed by atoms with E-state index in [0.29, 0.717) is 0 Å². The molecule has 0 saturated heterocycles. The van der Waals surface area contributed by atoms with Gasteiger partial charge in [-0.1, -0.05) is 12.1 Å². The maximum Gasteiger partial charge on any atom is 0.161 e. The van der Waals surface area contributed by atoms with Crippen molar-refractivity contribution in [2.75, 3.05) is 19.5 Å². The number of ether oxygens (including phenoxy) is 2. The highest BCUT2D eigenvalue weighted by atomic mass is 16.5. The maximum absolute atomic E-state index is 5.41. The summed E-state index contributed by atoms with van der Waals surface area (Å²) in [5.41, 5.74) is 4.41. The Hall–Kier alpha value is -3.08. The Morgan fingerprint density at radius 2 is 1.71 bits per heavy atom. The van der Waals surface area contributed by atoms with E-state index in [-0.39, 0.29) is 0 Å². The van der Waals surface area contributed by atoms with Gasteiger partial charge >= 0.3 is 0 Å². The minimum atomic E-state index is 0.722. The van der Waals surface area contributed by atoms with Gasteiger partial charge in [-0.15, -0.1) is 0 Å². The van der Waals surface area contributed by atoms with Crippen LogP contribution in [0.15, 0.2) is 42.5 Å². The molecule has 24 heavy (non-hydrogen) atoms. The second-order valence-electron chi connectivity index (χ2n) is 5.85. The number of fused-ring (bicyclic) bond motifs is 3. The Morgan fingerprint density at radius 3 is 2.46 bits per heavy atom. The zero-order valence-corrected chi connectivity index (χ0v) is 13.9. The van der Waals surface area contributed by atoms with Crippen LogP contribution in [0, 0.1) is 6.92 Å². The summed E-state index contributed by atoms with van der Waals surface area (Å²) < 4.78 is 10.8. The quantitative estimate of drug-likeness (QED) is 0.512. The van der Waals surface area contributed by atoms with Gasteiger partial charge in [0.05, 0.1) is 19.9 Å². The third-order valence-corrected chi connectivity index (χ3v) is 4.26. The van der Waals surface area contributed by atoms with E-state index in [9.17, 15) is 0 Å². The Kier molecular flexibility index (Phi) is 3.34. The second-order valence-corrected chi connectivity index (χ2v) is 5.85. The van der Waals surface area contributed by atoms with Crippen molar-refractivity contribution >= 4 is 22.3 Å². The number of nitrogens with one attached hydrogen (secondary N) is 3. The molecule has 5 heteroatoms. The van der Waals surface area contributed by atoms with Crippen LogP contribution in [-0.2, 0) is 0 Å². The van der Waals surface area contributed by atoms with E-state index in [2.05, 4.69) is 40.6 Å². The van der Waals surface area contributed by atoms with Crippen molar-refractivity contribution in [2.24, 2.45) is 0 Å². The number of hydrogen-bond donors (Lipinski definition) is 3. The van der Waals surface area contributed by atoms with Crippen LogP contribution in [0.5, 0.6) is 11.5 Å². The molecule has 2 aromatic rings. The molecule has 0 atom stereocenters. The number of anilines is 2. The summed E-state index contributed by atoms with van der Waals surface area (Å²) in [4.78, 5) is 0. The van der Waals surface area contributed by atoms with Crippen LogP contribution in [0.2, 0.25) is 0 Å². The fourth-order valence-corrected chi connectivity index (χ4v) is 3.09. The van der Waals surface area contributed by atoms with Crippen LogP contribution in [0.25, 0.3) is 22.0 Å². The molecule has 0 unspecified atom stereocenters. The fraction of sp³-hybridized carbons (Fsp3) is 0.158. The van der Waals surface area contributed by atoms with E-state index < -0.39 is 0 Å². The SMILES string of the molecule is COc1cc2cc3c(Nc4cccc(C)c4)[nH][nH]c-3c2cc1OC. The molecule has 0 bridgehead atoms. The van der Waals surface area contributed by atoms with Gasteiger partial charge in [0.1, 0.15) is 5.82 Å². The van der Waals surface area contributed by atoms with Gasteiger partial charge in [-0.05, 0) is 48.2 Å². The summed E-state index contributed by atoms with van der Waals surface area (Å²) in [5.74, 6) is 2.39. The van der Waals surface area contributed by atoms with Crippen LogP contribution >= 0.6 is 0 Å². The van der Waals surface area contributed by atoms with Crippen LogP contribution in [-0.4, -0.2) is 24.4 Å². The maximum atomic E-state index is 5.41. The number of H-pyrrole nitrogens is 2. The average Bonchev–Trinajstić information content (AvgIpc) is 3.13. The molecular weight excluding hydrogens is 302 g/mol. The molecule has 0 spiro atoms. The molecule has 0 saturated carbocycles. The van der Waals surface area contributed by atoms with Crippen molar-refractivity contribution in [2.45, 2.75) is 6.92 Å². The van der Waals surface area contributed by atoms with E-state index in [4.69, 9.17) is 9.47 Å². The van der Waals surface area contributed by atoms with Crippen LogP contribution in [0.4, 0.5) is 11.5 Å². The highest BCUT2D eigenvalue weighted by molar-refractivity contribution is 6.05. The number of aromatic nitrogens is 2. The number of rotatable bonds is 4. The first-order valence-electron chi connectivity index (χ1n) is 7.78. The van der Waals surface area contributed by atoms with E-state index in [1.807, 2.05) is 24.3 Å². The molecule has 3 N–H and O–H groups in total. The Bertz CT molecular complexity index is 984. The fourth-order valence-electron chi connectivity index (χ4n) is 3.09. The number of benzene rings is 2. The molecule has 2 aliphatic rings. The van der Waals surface area contributed by atoms with Crippen molar-refractivity contribution in [3.8, 4) is 22.8 Å². The van der Waals surface area contributed by atoms with Gasteiger partial charge in [-0.3, -0.25) is 10.2 Å². The molecule has 0 radical (unpaired) electrons. The monoisotopic (exact) mass is 321 g/mol. The first-order valence-corrected chi connectivity index (χ1v) is 7.78. The van der Waals surface area contributed by atoms with Crippen LogP contribution in [0.1, 0.15) is 5.56 Å². The molecule has 122 valence electrons. The van der Waals surface area contributed by atoms with Gasteiger partial charge in [0.25, 0.3) is 0 Å². The smallest absolute Gasteiger partial charge is 0.161 e. The topological polar surface area (TPSA) is 62.1 Å². The lowest BCUT2D eigenvalue weighted by Crippen LogP contribution is -1.91. The lowest BCUT2D eigenvalue weighted by atomic mass is 10.2. The first-order chi connectivity index (χ1) is 11.7. The van der Waals surface area contributed by atoms with E-state index in [0.717, 1.165) is 45.0 Å². The highest BCUT2D eigenvalue weighted by Crippen LogP contribution is 2.42. The number of hydrogen-bond acceptors (Lipinski definition) is 3. The molecule has 0 amide bonds. The summed E-state index contributed by atoms with van der Waals surface area (Å²) in [6.07, 6.45) is 0. The molecule has 1 aliphatic carbocycles. The summed E-state index contributed by atoms with van der Waals surface area (Å²) >= 11 is 0. The highest BCUT2D eigenvalue weighted by Gasteiger charge is 2.19. The molecule has 1 heterocycles. The normalized spacial score (nSPS) is 11.1. The van der Waals surface area contributed by atoms with Crippen LogP contribution in [0.3, 0.4) is 0 Å². The predicted octanol–water partition coefficient (Wildman–Crippen LogP) is 4.67. The molecule has 2 aromatic carbocycles. The lowest BCUT2D eigenvalue weighted by molar-refractivity contribution is 0.356. The summed E-state index contributed by atoms with van der Waals surface area (Å²) in [5, 5.41) is 12.1. The summed E-state index contributed by atoms with van der Waals surface area (Å²) in [7, 11) is 3.30. The van der Waals surface area contributed by atoms with Crippen molar-refractivity contribution in [1.82, 2.24) is 10.2 Å². The average molecular weight is 321 g/mol. The van der Waals surface area contributed by atoms with Gasteiger partial charge in [-0.2, -0.15) is 0 Å². The molecule has 4 rings (SSSR count). The van der Waals surface area contributed by atoms with E-state index in [1.54, 1.807) is 14.2 Å². The summed E-state index contributed by atoms with van der Waals surface area (Å²) in [6, 6.07) is 14.4. The third-order valence-electron chi connectivity index (χ3n) is 4.26. The summed E-state index contributed by atoms with van der Waals surface area (Å²) in [6.45, 7) is 2.08. The standard InChI is InChI=1S/C19H19N3O2/c1-11-5-4-6-13(7-11)20-19-15-8-12-9-16(23-2)17(24-3)10-14(12)18(15)21-22-19/h4-10,20-22H,1-3H3. The predicted molar refractivity (Wildman–Crippen MR) is 96.8 cm³/mol. The Balaban J connectivity index is 1.79. The van der Waals surface area contributed by atoms with Gasteiger partial charge in [0.2, 0.25) is 0 Å². The van der Waals surface area contributed by atoms with Crippen molar-refractivity contribution in [3.05, 3.63) is 48.0 Å². The van der Waals surface area contributed by atoms with Crippen molar-refractivity contribution in [1.29, 1.82) is 0 Å². The third kappa shape index (κ3) is 2.25. The van der Waals surface area contributed by atoms with Crippen molar-refractivity contribution < 1.29 is 9.47 Å². The molecule has 0 fully saturated rings. The number of aromatic amines is 2. The molecular formula is C19H19N3O2. The Morgan fingerprint density at radius 1 is 0.917 bits per heavy atom. The van der Waals surface area contributed by atoms with Crippen LogP contribution < -0.4 is 14.8 Å². The van der Waals surface area contributed by atoms with E-state index >= 15 is 0 Å². The van der Waals surface area contributed by atoms with Gasteiger partial charge in [-0.25, -0.2) is 0 Å². The largest absolute Gasteiger partial charge is 0.493 e. The number of aryl methyl sites for hydroxylation is 1. The zero-order valence-electron chi connectivity index (χ0n) is 13.9. The lowest BCUT2D eigenvalue weighted by Gasteiger charge is -2.07. The molecule has 0 aromatic heterocycles. The molecule has 5 nitrogen and oxygen atoms in total. The van der Waals surface area contributed by atoms with Gasteiger partial charge in [0.15, 0.2) is 11.5 Å². The second kappa shape index (κ2) is 5.53. The van der Waals surface area contributed by atoms with E-state index in [1.165, 1.54) is 5.56 Å². The molecule has 1 aliphatic heterocycles. The minimum Gasteiger partial charge on any atom is -0.493 e. The Labute approximate surface area is 139 Å².